The average molecular weight is 300 g/mol. The van der Waals surface area contributed by atoms with Crippen LogP contribution < -0.4 is 5.32 Å². The molecule has 1 aromatic carbocycles. The predicted octanol–water partition coefficient (Wildman–Crippen LogP) is 2.61. The maximum Gasteiger partial charge on any atom is 0.220 e. The number of aromatic nitrogens is 1. The van der Waals surface area contributed by atoms with Crippen molar-refractivity contribution in [2.45, 2.75) is 33.1 Å². The Hall–Kier alpha value is -2.43. The third-order valence-electron chi connectivity index (χ3n) is 3.40. The first-order valence-electron chi connectivity index (χ1n) is 7.34. The fraction of sp³-hybridized carbons (Fsp3) is 0.353. The molecule has 0 fully saturated rings. The molecule has 1 aromatic heterocycles. The summed E-state index contributed by atoms with van der Waals surface area (Å²) in [5.74, 6) is 0.632. The Labute approximate surface area is 129 Å². The minimum absolute atomic E-state index is 0.000348. The van der Waals surface area contributed by atoms with Gasteiger partial charge in [-0.2, -0.15) is 0 Å². The van der Waals surface area contributed by atoms with Crippen LogP contribution in [-0.2, 0) is 11.2 Å². The first-order valence-corrected chi connectivity index (χ1v) is 7.34. The summed E-state index contributed by atoms with van der Waals surface area (Å²) in [5, 5.41) is 6.64. The molecule has 2 aromatic rings. The molecule has 2 rings (SSSR count). The Bertz CT molecular complexity index is 661. The lowest BCUT2D eigenvalue weighted by molar-refractivity contribution is -0.121. The second-order valence-corrected chi connectivity index (χ2v) is 5.27. The van der Waals surface area contributed by atoms with Crippen LogP contribution in [0.5, 0.6) is 0 Å². The smallest absolute Gasteiger partial charge is 0.220 e. The van der Waals surface area contributed by atoms with Gasteiger partial charge in [0.15, 0.2) is 5.78 Å². The molecule has 1 N–H and O–H groups in total. The first kappa shape index (κ1) is 15.9. The molecule has 1 heterocycles. The number of nitrogens with one attached hydrogen (secondary N) is 1. The van der Waals surface area contributed by atoms with E-state index in [1.165, 1.54) is 0 Å². The molecule has 0 radical (unpaired) electrons. The Morgan fingerprint density at radius 2 is 1.95 bits per heavy atom. The summed E-state index contributed by atoms with van der Waals surface area (Å²) in [4.78, 5) is 23.8. The third-order valence-corrected chi connectivity index (χ3v) is 3.40. The molecule has 0 saturated heterocycles. The summed E-state index contributed by atoms with van der Waals surface area (Å²) in [6, 6.07) is 9.26. The summed E-state index contributed by atoms with van der Waals surface area (Å²) in [6.07, 6.45) is 1.04. The molecule has 0 saturated carbocycles. The highest BCUT2D eigenvalue weighted by Gasteiger charge is 2.11. The standard InChI is InChI=1S/C17H20N2O3/c1-12-5-3-4-6-15(12)16(20)7-8-17(21)18-10-9-14-11-13(2)22-19-14/h3-6,11H,7-10H2,1-2H3,(H,18,21). The zero-order chi connectivity index (χ0) is 15.9. The van der Waals surface area contributed by atoms with Crippen molar-refractivity contribution in [1.29, 1.82) is 0 Å². The van der Waals surface area contributed by atoms with Crippen molar-refractivity contribution < 1.29 is 14.1 Å². The number of rotatable bonds is 7. The van der Waals surface area contributed by atoms with E-state index in [-0.39, 0.29) is 24.5 Å². The van der Waals surface area contributed by atoms with Gasteiger partial charge >= 0.3 is 0 Å². The number of ketones is 1. The van der Waals surface area contributed by atoms with E-state index in [0.717, 1.165) is 17.0 Å². The topological polar surface area (TPSA) is 72.2 Å². The lowest BCUT2D eigenvalue weighted by atomic mass is 10.0. The molecule has 0 spiro atoms. The van der Waals surface area contributed by atoms with E-state index >= 15 is 0 Å². The quantitative estimate of drug-likeness (QED) is 0.798. The second kappa shape index (κ2) is 7.54. The maximum absolute atomic E-state index is 12.1. The second-order valence-electron chi connectivity index (χ2n) is 5.27. The van der Waals surface area contributed by atoms with Crippen molar-refractivity contribution in [3.05, 3.63) is 52.9 Å². The molecule has 5 nitrogen and oxygen atoms in total. The maximum atomic E-state index is 12.1. The molecular formula is C17H20N2O3. The molecule has 0 aliphatic carbocycles. The van der Waals surface area contributed by atoms with Crippen LogP contribution in [0.4, 0.5) is 0 Å². The normalized spacial score (nSPS) is 10.5. The number of aryl methyl sites for hydroxylation is 2. The molecule has 22 heavy (non-hydrogen) atoms. The van der Waals surface area contributed by atoms with E-state index in [1.807, 2.05) is 38.1 Å². The van der Waals surface area contributed by atoms with Gasteiger partial charge in [0, 0.05) is 37.4 Å². The fourth-order valence-electron chi connectivity index (χ4n) is 2.20. The zero-order valence-electron chi connectivity index (χ0n) is 12.9. The summed E-state index contributed by atoms with van der Waals surface area (Å²) in [6.45, 7) is 4.21. The van der Waals surface area contributed by atoms with Gasteiger partial charge in [0.1, 0.15) is 5.76 Å². The van der Waals surface area contributed by atoms with E-state index in [2.05, 4.69) is 10.5 Å². The number of benzene rings is 1. The molecule has 5 heteroatoms. The van der Waals surface area contributed by atoms with Crippen molar-refractivity contribution in [3.8, 4) is 0 Å². The number of hydrogen-bond donors (Lipinski definition) is 1. The Kier molecular flexibility index (Phi) is 5.47. The van der Waals surface area contributed by atoms with Crippen LogP contribution in [0.25, 0.3) is 0 Å². The van der Waals surface area contributed by atoms with Crippen LogP contribution in [0.2, 0.25) is 0 Å². The monoisotopic (exact) mass is 300 g/mol. The molecular weight excluding hydrogens is 280 g/mol. The van der Waals surface area contributed by atoms with Crippen LogP contribution in [0.1, 0.15) is 40.2 Å². The van der Waals surface area contributed by atoms with Gasteiger partial charge in [-0.25, -0.2) is 0 Å². The van der Waals surface area contributed by atoms with Gasteiger partial charge in [-0.3, -0.25) is 9.59 Å². The lowest BCUT2D eigenvalue weighted by Gasteiger charge is -2.05. The van der Waals surface area contributed by atoms with Gasteiger partial charge in [-0.05, 0) is 19.4 Å². The van der Waals surface area contributed by atoms with E-state index in [9.17, 15) is 9.59 Å². The van der Waals surface area contributed by atoms with Gasteiger partial charge in [0.25, 0.3) is 0 Å². The SMILES string of the molecule is Cc1cc(CCNC(=O)CCC(=O)c2ccccc2C)no1. The van der Waals surface area contributed by atoms with Crippen molar-refractivity contribution in [2.75, 3.05) is 6.54 Å². The Morgan fingerprint density at radius 1 is 1.18 bits per heavy atom. The number of Topliss-reactive ketones (excluding diaryl/α,β-unsaturated/α-hetero) is 1. The van der Waals surface area contributed by atoms with Crippen LogP contribution in [0.15, 0.2) is 34.9 Å². The van der Waals surface area contributed by atoms with E-state index in [4.69, 9.17) is 4.52 Å². The van der Waals surface area contributed by atoms with Gasteiger partial charge < -0.3 is 9.84 Å². The highest BCUT2D eigenvalue weighted by Crippen LogP contribution is 2.11. The lowest BCUT2D eigenvalue weighted by Crippen LogP contribution is -2.26. The van der Waals surface area contributed by atoms with E-state index in [0.29, 0.717) is 18.5 Å². The Balaban J connectivity index is 1.71. The number of nitrogens with zero attached hydrogens (tertiary/aromatic N) is 1. The molecule has 0 aliphatic heterocycles. The highest BCUT2D eigenvalue weighted by atomic mass is 16.5. The molecule has 0 aliphatic rings. The summed E-state index contributed by atoms with van der Waals surface area (Å²) >= 11 is 0. The van der Waals surface area contributed by atoms with Crippen LogP contribution in [-0.4, -0.2) is 23.4 Å². The number of carbonyl (C=O) groups excluding carboxylic acids is 2. The number of hydrogen-bond acceptors (Lipinski definition) is 4. The zero-order valence-corrected chi connectivity index (χ0v) is 12.9. The van der Waals surface area contributed by atoms with Gasteiger partial charge in [-0.1, -0.05) is 29.4 Å². The van der Waals surface area contributed by atoms with Crippen molar-refractivity contribution in [1.82, 2.24) is 10.5 Å². The van der Waals surface area contributed by atoms with Crippen molar-refractivity contribution >= 4 is 11.7 Å². The Morgan fingerprint density at radius 3 is 2.64 bits per heavy atom. The van der Waals surface area contributed by atoms with Gasteiger partial charge in [-0.15, -0.1) is 0 Å². The van der Waals surface area contributed by atoms with Crippen LogP contribution >= 0.6 is 0 Å². The number of amides is 1. The highest BCUT2D eigenvalue weighted by molar-refractivity contribution is 5.99. The minimum Gasteiger partial charge on any atom is -0.361 e. The molecule has 116 valence electrons. The predicted molar refractivity (Wildman–Crippen MR) is 82.7 cm³/mol. The van der Waals surface area contributed by atoms with E-state index < -0.39 is 0 Å². The molecule has 1 amide bonds. The van der Waals surface area contributed by atoms with E-state index in [1.54, 1.807) is 6.07 Å². The largest absolute Gasteiger partial charge is 0.361 e. The molecule has 0 bridgehead atoms. The molecule has 0 unspecified atom stereocenters. The fourth-order valence-corrected chi connectivity index (χ4v) is 2.20. The average Bonchev–Trinajstić information content (AvgIpc) is 2.91. The summed E-state index contributed by atoms with van der Waals surface area (Å²) in [5.41, 5.74) is 2.44. The van der Waals surface area contributed by atoms with Crippen LogP contribution in [0, 0.1) is 13.8 Å². The summed E-state index contributed by atoms with van der Waals surface area (Å²) in [7, 11) is 0. The van der Waals surface area contributed by atoms with Crippen molar-refractivity contribution in [2.24, 2.45) is 0 Å². The van der Waals surface area contributed by atoms with Gasteiger partial charge in [0.2, 0.25) is 5.91 Å². The van der Waals surface area contributed by atoms with Gasteiger partial charge in [0.05, 0.1) is 5.69 Å². The first-order chi connectivity index (χ1) is 10.6. The summed E-state index contributed by atoms with van der Waals surface area (Å²) < 4.78 is 4.95. The molecule has 0 atom stereocenters. The van der Waals surface area contributed by atoms with Crippen LogP contribution in [0.3, 0.4) is 0 Å². The third kappa shape index (κ3) is 4.55. The number of carbonyl (C=O) groups is 2. The minimum atomic E-state index is -0.123. The van der Waals surface area contributed by atoms with Crippen molar-refractivity contribution in [3.63, 3.8) is 0 Å².